The van der Waals surface area contributed by atoms with Crippen molar-refractivity contribution in [3.8, 4) is 0 Å². The Labute approximate surface area is 116 Å². The number of rotatable bonds is 0. The molecule has 0 rings (SSSR count). The van der Waals surface area contributed by atoms with Crippen LogP contribution >= 0.6 is 0 Å². The Balaban J connectivity index is 0. The zero-order chi connectivity index (χ0) is 0. The van der Waals surface area contributed by atoms with Gasteiger partial charge in [-0.25, -0.2) is 0 Å². The third-order valence-corrected chi connectivity index (χ3v) is 0. The van der Waals surface area contributed by atoms with Gasteiger partial charge in [0.25, 0.3) is 0 Å². The SMILES string of the molecule is C.C.C.C.C.C.C.C.C.C.C.[Cr].[Cr]. The van der Waals surface area contributed by atoms with Crippen LogP contribution in [-0.2, 0) is 34.7 Å². The zero-order valence-electron chi connectivity index (χ0n) is 0.816. The molecule has 0 spiro atoms. The summed E-state index contributed by atoms with van der Waals surface area (Å²) in [5.74, 6) is 0. The molecule has 0 radical (unpaired) electrons. The maximum absolute atomic E-state index is 0. The molecule has 0 saturated carbocycles. The van der Waals surface area contributed by atoms with Crippen molar-refractivity contribution < 1.29 is 34.7 Å². The van der Waals surface area contributed by atoms with Crippen molar-refractivity contribution in [2.75, 3.05) is 0 Å². The van der Waals surface area contributed by atoms with Gasteiger partial charge in [0.1, 0.15) is 0 Å². The summed E-state index contributed by atoms with van der Waals surface area (Å²) in [6.45, 7) is 0. The summed E-state index contributed by atoms with van der Waals surface area (Å²) in [6, 6.07) is 0. The maximum atomic E-state index is 0. The van der Waals surface area contributed by atoms with Crippen molar-refractivity contribution >= 4 is 0 Å². The van der Waals surface area contributed by atoms with E-state index in [-0.39, 0.29) is 116 Å². The summed E-state index contributed by atoms with van der Waals surface area (Å²) in [7, 11) is 0. The topological polar surface area (TPSA) is 0 Å². The van der Waals surface area contributed by atoms with Crippen molar-refractivity contribution in [1.82, 2.24) is 0 Å². The van der Waals surface area contributed by atoms with Crippen molar-refractivity contribution in [3.63, 3.8) is 0 Å². The van der Waals surface area contributed by atoms with Crippen LogP contribution in [0, 0.1) is 0 Å². The van der Waals surface area contributed by atoms with Crippen LogP contribution in [0.1, 0.15) is 81.7 Å². The molecule has 0 unspecified atom stereocenters. The van der Waals surface area contributed by atoms with Crippen molar-refractivity contribution in [3.05, 3.63) is 0 Å². The average molecular weight is 280 g/mol. The molecule has 0 aliphatic rings. The van der Waals surface area contributed by atoms with Crippen LogP contribution in [0.4, 0.5) is 0 Å². The second-order valence-corrected chi connectivity index (χ2v) is 0. The van der Waals surface area contributed by atoms with E-state index in [9.17, 15) is 0 Å². The van der Waals surface area contributed by atoms with Gasteiger partial charge in [0.2, 0.25) is 0 Å². The molecular weight excluding hydrogens is 236 g/mol. The molecule has 0 heterocycles. The summed E-state index contributed by atoms with van der Waals surface area (Å²) >= 11 is 0. The first kappa shape index (κ1) is 2120. The van der Waals surface area contributed by atoms with E-state index in [2.05, 4.69) is 0 Å². The molecule has 0 aliphatic heterocycles. The van der Waals surface area contributed by atoms with Crippen LogP contribution in [0.2, 0.25) is 0 Å². The van der Waals surface area contributed by atoms with Crippen molar-refractivity contribution in [1.29, 1.82) is 0 Å². The average Bonchev–Trinajstić information content (AvgIpc) is 0. The number of hydrogen-bond donors (Lipinski definition) is 0. The Morgan fingerprint density at radius 3 is 0.154 bits per heavy atom. The summed E-state index contributed by atoms with van der Waals surface area (Å²) < 4.78 is 0. The van der Waals surface area contributed by atoms with E-state index in [4.69, 9.17) is 0 Å². The largest absolute Gasteiger partial charge is 0.0776 e. The zero-order valence-corrected chi connectivity index (χ0v) is 3.37. The Morgan fingerprint density at radius 1 is 0.154 bits per heavy atom. The summed E-state index contributed by atoms with van der Waals surface area (Å²) in [5, 5.41) is 0. The number of hydrogen-bond acceptors (Lipinski definition) is 0. The minimum Gasteiger partial charge on any atom is -0.0776 e. The van der Waals surface area contributed by atoms with E-state index < -0.39 is 0 Å². The van der Waals surface area contributed by atoms with Crippen LogP contribution in [0.25, 0.3) is 0 Å². The second-order valence-electron chi connectivity index (χ2n) is 0. The summed E-state index contributed by atoms with van der Waals surface area (Å²) in [4.78, 5) is 0. The maximum Gasteiger partial charge on any atom is 0 e. The summed E-state index contributed by atoms with van der Waals surface area (Å²) in [5.41, 5.74) is 0. The quantitative estimate of drug-likeness (QED) is 0.448. The van der Waals surface area contributed by atoms with E-state index in [0.29, 0.717) is 0 Å². The van der Waals surface area contributed by atoms with Gasteiger partial charge in [0.15, 0.2) is 0 Å². The van der Waals surface area contributed by atoms with Gasteiger partial charge >= 0.3 is 0 Å². The Hall–Kier alpha value is 1.06. The normalized spacial score (nSPS) is 0. The first-order valence-electron chi connectivity index (χ1n) is 0. The van der Waals surface area contributed by atoms with Gasteiger partial charge in [0.05, 0.1) is 0 Å². The van der Waals surface area contributed by atoms with E-state index in [0.717, 1.165) is 0 Å². The van der Waals surface area contributed by atoms with Gasteiger partial charge in [-0.2, -0.15) is 0 Å². The predicted octanol–water partition coefficient (Wildman–Crippen LogP) is 6.99. The fraction of sp³-hybridized carbons (Fsp3) is 1.00. The monoisotopic (exact) mass is 280 g/mol. The van der Waals surface area contributed by atoms with Gasteiger partial charge in [-0.3, -0.25) is 0 Å². The van der Waals surface area contributed by atoms with Crippen molar-refractivity contribution in [2.24, 2.45) is 0 Å². The molecule has 0 aromatic rings. The molecule has 100 valence electrons. The Morgan fingerprint density at radius 2 is 0.154 bits per heavy atom. The van der Waals surface area contributed by atoms with E-state index >= 15 is 0 Å². The first-order valence-corrected chi connectivity index (χ1v) is 0. The minimum atomic E-state index is 0. The van der Waals surface area contributed by atoms with Crippen LogP contribution in [0.5, 0.6) is 0 Å². The molecule has 0 bridgehead atoms. The molecule has 13 heavy (non-hydrogen) atoms. The molecule has 0 aromatic heterocycles. The second kappa shape index (κ2) is 1680. The molecular formula is C11H44Cr2. The fourth-order valence-electron chi connectivity index (χ4n) is 0. The first-order chi connectivity index (χ1) is 0. The Kier molecular flexibility index (Phi) is 273000. The third-order valence-electron chi connectivity index (χ3n) is 0. The van der Waals surface area contributed by atoms with Gasteiger partial charge < -0.3 is 0 Å². The molecule has 0 nitrogen and oxygen atoms in total. The molecule has 0 aromatic carbocycles. The third kappa shape index (κ3) is 1410. The molecule has 2 heteroatoms. The molecule has 0 N–H and O–H groups in total. The van der Waals surface area contributed by atoms with Gasteiger partial charge in [-0.05, 0) is 0 Å². The molecule has 0 aliphatic carbocycles. The van der Waals surface area contributed by atoms with Gasteiger partial charge in [0, 0.05) is 34.7 Å². The van der Waals surface area contributed by atoms with Crippen LogP contribution < -0.4 is 0 Å². The molecule has 0 saturated heterocycles. The standard InChI is InChI=1S/11CH4.2Cr/h11*1H4;;. The van der Waals surface area contributed by atoms with Crippen LogP contribution in [0.15, 0.2) is 0 Å². The Bertz CT molecular complexity index is 8.05. The van der Waals surface area contributed by atoms with Crippen LogP contribution in [0.3, 0.4) is 0 Å². The molecule has 0 fully saturated rings. The van der Waals surface area contributed by atoms with E-state index in [1.54, 1.807) is 0 Å². The smallest absolute Gasteiger partial charge is 0 e. The van der Waals surface area contributed by atoms with E-state index in [1.165, 1.54) is 0 Å². The summed E-state index contributed by atoms with van der Waals surface area (Å²) in [6.07, 6.45) is 0. The van der Waals surface area contributed by atoms with Crippen LogP contribution in [-0.4, -0.2) is 0 Å². The predicted molar refractivity (Wildman–Crippen MR) is 74.0 cm³/mol. The fourth-order valence-corrected chi connectivity index (χ4v) is 0. The van der Waals surface area contributed by atoms with Gasteiger partial charge in [-0.15, -0.1) is 0 Å². The molecule has 0 atom stereocenters. The van der Waals surface area contributed by atoms with Gasteiger partial charge in [-0.1, -0.05) is 81.7 Å². The van der Waals surface area contributed by atoms with E-state index in [1.807, 2.05) is 0 Å². The van der Waals surface area contributed by atoms with Crippen molar-refractivity contribution in [2.45, 2.75) is 81.7 Å². The molecule has 0 amide bonds. The minimum absolute atomic E-state index is 0.